The second kappa shape index (κ2) is 9.05. The lowest BCUT2D eigenvalue weighted by atomic mass is 9.52. The van der Waals surface area contributed by atoms with E-state index in [9.17, 15) is 24.6 Å². The van der Waals surface area contributed by atoms with Crippen LogP contribution in [0.1, 0.15) is 25.0 Å². The number of carbonyl (C=O) groups excluding carboxylic acids is 4. The van der Waals surface area contributed by atoms with Gasteiger partial charge in [0.25, 0.3) is 23.6 Å². The number of carbonyl (C=O) groups is 4. The number of nitrogens with zero attached hydrogens (tertiary/aromatic N) is 4. The zero-order valence-electron chi connectivity index (χ0n) is 25.7. The largest absolute Gasteiger partial charge is 0.388 e. The maximum absolute atomic E-state index is 15.0. The first-order valence-corrected chi connectivity index (χ1v) is 22.2. The van der Waals surface area contributed by atoms with E-state index in [-0.39, 0.29) is 11.8 Å². The fourth-order valence-electron chi connectivity index (χ4n) is 9.80. The molecule has 12 nitrogen and oxygen atoms in total. The number of benzene rings is 2. The molecule has 0 unspecified atom stereocenters. The molecule has 10 heterocycles. The minimum Gasteiger partial charge on any atom is -0.388 e. The van der Waals surface area contributed by atoms with E-state index in [0.717, 1.165) is 10.8 Å². The molecule has 250 valence electrons. The summed E-state index contributed by atoms with van der Waals surface area (Å²) in [4.78, 5) is 59.0. The number of fused-ring (bicyclic) bond motifs is 13. The molecule has 4 amide bonds. The number of nitrogens with one attached hydrogen (secondary N) is 2. The van der Waals surface area contributed by atoms with Gasteiger partial charge in [-0.25, -0.2) is 0 Å². The topological polar surface area (TPSA) is 146 Å². The Labute approximate surface area is 298 Å². The van der Waals surface area contributed by atoms with Gasteiger partial charge in [-0.05, 0) is 89.1 Å². The van der Waals surface area contributed by atoms with Crippen molar-refractivity contribution in [2.24, 2.45) is 0 Å². The number of aliphatic hydroxyl groups excluding tert-OH is 2. The number of amides is 4. The Morgan fingerprint density at radius 2 is 1.02 bits per heavy atom. The number of likely N-dealkylation sites (N-methyl/N-ethyl adjacent to an activating group) is 2. The van der Waals surface area contributed by atoms with Crippen LogP contribution in [-0.4, -0.2) is 112 Å². The van der Waals surface area contributed by atoms with Gasteiger partial charge in [-0.1, -0.05) is 47.2 Å². The molecule has 2 spiro atoms. The Morgan fingerprint density at radius 1 is 0.604 bits per heavy atom. The average Bonchev–Trinajstić information content (AvgIpc) is 3.73. The summed E-state index contributed by atoms with van der Waals surface area (Å²) in [5, 5.41) is 34.0. The normalized spacial score (nSPS) is 46.0. The molecule has 8 saturated heterocycles. The summed E-state index contributed by atoms with van der Waals surface area (Å²) in [5.74, 6) is -1.56. The molecule has 8 fully saturated rings. The molecule has 10 aliphatic rings. The van der Waals surface area contributed by atoms with Crippen molar-refractivity contribution in [2.75, 3.05) is 24.7 Å². The Kier molecular flexibility index (Phi) is 5.79. The lowest BCUT2D eigenvalue weighted by molar-refractivity contribution is -0.166. The van der Waals surface area contributed by atoms with Crippen molar-refractivity contribution in [3.63, 3.8) is 0 Å². The molecule has 2 aromatic carbocycles. The van der Waals surface area contributed by atoms with Crippen LogP contribution in [0.5, 0.6) is 0 Å². The van der Waals surface area contributed by atoms with Crippen LogP contribution in [-0.2, 0) is 30.0 Å². The summed E-state index contributed by atoms with van der Waals surface area (Å²) in [6, 6.07) is 14.8. The molecule has 10 aliphatic heterocycles. The van der Waals surface area contributed by atoms with Crippen molar-refractivity contribution in [2.45, 2.75) is 68.7 Å². The number of aliphatic hydroxyl groups is 2. The molecule has 2 aromatic rings. The summed E-state index contributed by atoms with van der Waals surface area (Å²) in [7, 11) is 10.7. The van der Waals surface area contributed by atoms with Crippen LogP contribution in [0, 0.1) is 0 Å². The molecule has 12 rings (SSSR count). The third-order valence-electron chi connectivity index (χ3n) is 12.2. The van der Waals surface area contributed by atoms with Gasteiger partial charge in [0.05, 0.1) is 10.8 Å². The highest BCUT2D eigenvalue weighted by atomic mass is 33.7. The smallest absolute Gasteiger partial charge is 0.264 e. The van der Waals surface area contributed by atoms with E-state index in [4.69, 9.17) is 0 Å². The van der Waals surface area contributed by atoms with Crippen LogP contribution in [0.4, 0.5) is 11.4 Å². The summed E-state index contributed by atoms with van der Waals surface area (Å²) < 4.78 is 0. The maximum atomic E-state index is 15.0. The van der Waals surface area contributed by atoms with Crippen molar-refractivity contribution < 1.29 is 29.4 Å². The first-order chi connectivity index (χ1) is 22.8. The summed E-state index contributed by atoms with van der Waals surface area (Å²) in [6.07, 6.45) is -5.31. The molecule has 10 atom stereocenters. The predicted molar refractivity (Wildman–Crippen MR) is 190 cm³/mol. The van der Waals surface area contributed by atoms with Crippen LogP contribution in [0.25, 0.3) is 0 Å². The number of piperazine rings is 2. The highest BCUT2D eigenvalue weighted by Crippen LogP contribution is 2.78. The van der Waals surface area contributed by atoms with Gasteiger partial charge in [-0.2, -0.15) is 0 Å². The summed E-state index contributed by atoms with van der Waals surface area (Å²) in [6.45, 7) is 3.43. The van der Waals surface area contributed by atoms with E-state index in [2.05, 4.69) is 10.6 Å². The molecular weight excluding hydrogens is 733 g/mol. The van der Waals surface area contributed by atoms with E-state index in [1.54, 1.807) is 27.9 Å². The zero-order chi connectivity index (χ0) is 33.6. The monoisotopic (exact) mass is 760 g/mol. The van der Waals surface area contributed by atoms with Crippen LogP contribution >= 0.6 is 62.8 Å². The lowest BCUT2D eigenvalue weighted by Gasteiger charge is -2.58. The van der Waals surface area contributed by atoms with Gasteiger partial charge < -0.3 is 30.6 Å². The minimum absolute atomic E-state index is 0.346. The number of para-hydroxylation sites is 2. The average molecular weight is 761 g/mol. The van der Waals surface area contributed by atoms with E-state index < -0.39 is 66.7 Å². The van der Waals surface area contributed by atoms with Crippen LogP contribution in [0.2, 0.25) is 0 Å². The van der Waals surface area contributed by atoms with Crippen molar-refractivity contribution in [1.29, 1.82) is 0 Å². The Bertz CT molecular complexity index is 1940. The first-order valence-electron chi connectivity index (χ1n) is 15.2. The summed E-state index contributed by atoms with van der Waals surface area (Å²) >= 11 is 0. The Hall–Kier alpha value is -2.06. The number of rotatable bonds is 1. The third-order valence-corrected chi connectivity index (χ3v) is 23.2. The molecular formula is C30H28N6O6S6. The molecule has 0 radical (unpaired) electrons. The SMILES string of the molecule is CN1C(=O)[C@]23SSSS[C@@]1(C)C(=O)N2[C@H]1Nc2ccccc2[C@@]1([C@@]12c4ccccc4N[C@@H]1N1C(=O)[C@]4(C)SS[C@]1(C(=O)N4C)[C@H]2O)[C@@H]3O. The second-order valence-corrected chi connectivity index (χ2v) is 22.7. The molecule has 0 aromatic heterocycles. The van der Waals surface area contributed by atoms with Crippen molar-refractivity contribution in [3.8, 4) is 0 Å². The van der Waals surface area contributed by atoms with Gasteiger partial charge in [-0.3, -0.25) is 29.0 Å². The fourth-order valence-corrected chi connectivity index (χ4v) is 21.0. The number of hydrogen-bond acceptors (Lipinski definition) is 14. The minimum atomic E-state index is -1.82. The molecule has 18 heteroatoms. The highest BCUT2D eigenvalue weighted by molar-refractivity contribution is 9.26. The molecule has 4 bridgehead atoms. The van der Waals surface area contributed by atoms with E-state index in [0.29, 0.717) is 22.5 Å². The van der Waals surface area contributed by atoms with Gasteiger partial charge >= 0.3 is 0 Å². The third kappa shape index (κ3) is 2.71. The maximum Gasteiger partial charge on any atom is 0.264 e. The number of hydrogen-bond donors (Lipinski definition) is 4. The van der Waals surface area contributed by atoms with Crippen LogP contribution < -0.4 is 10.6 Å². The zero-order valence-corrected chi connectivity index (χ0v) is 30.6. The van der Waals surface area contributed by atoms with Crippen molar-refractivity contribution in [1.82, 2.24) is 19.6 Å². The first kappa shape index (κ1) is 30.7. The highest BCUT2D eigenvalue weighted by Gasteiger charge is 2.92. The van der Waals surface area contributed by atoms with E-state index >= 15 is 4.79 Å². The van der Waals surface area contributed by atoms with Crippen LogP contribution in [0.15, 0.2) is 48.5 Å². The van der Waals surface area contributed by atoms with Crippen molar-refractivity contribution in [3.05, 3.63) is 59.7 Å². The fraction of sp³-hybridized carbons (Fsp3) is 0.467. The second-order valence-electron chi connectivity index (χ2n) is 13.6. The van der Waals surface area contributed by atoms with Gasteiger partial charge in [0.2, 0.25) is 9.74 Å². The standard InChI is InChI=1S/C30H28N6O6S6/c1-25-21(39)35-19-27(13-9-5-7-11-15(13)31-19,17(37)29(35,45-43-25)23(41)33(25)3)28-14-10-6-8-12-16(14)32-20(28)36-22(40)26(2)34(4)24(42)30(36,18(28)38)46-48-47-44-26/h5-12,17-20,31-32,37-38H,1-4H3/t17-,18-,19+,20+,25-,26-,27+,28+,29-,30-/m0/s1. The number of anilines is 2. The van der Waals surface area contributed by atoms with E-state index in [1.807, 2.05) is 48.5 Å². The van der Waals surface area contributed by atoms with Gasteiger partial charge in [0.1, 0.15) is 24.5 Å². The molecule has 0 saturated carbocycles. The Morgan fingerprint density at radius 3 is 1.52 bits per heavy atom. The van der Waals surface area contributed by atoms with Crippen LogP contribution in [0.3, 0.4) is 0 Å². The molecule has 4 N–H and O–H groups in total. The van der Waals surface area contributed by atoms with E-state index in [1.165, 1.54) is 71.6 Å². The quantitative estimate of drug-likeness (QED) is 0.316. The van der Waals surface area contributed by atoms with Gasteiger partial charge in [0, 0.05) is 25.5 Å². The lowest BCUT2D eigenvalue weighted by Crippen LogP contribution is -2.77. The summed E-state index contributed by atoms with van der Waals surface area (Å²) in [5.41, 5.74) is -0.853. The molecule has 48 heavy (non-hydrogen) atoms. The molecule has 0 aliphatic carbocycles. The predicted octanol–water partition coefficient (Wildman–Crippen LogP) is 2.63. The van der Waals surface area contributed by atoms with Gasteiger partial charge in [0.15, 0.2) is 9.74 Å². The van der Waals surface area contributed by atoms with Crippen molar-refractivity contribution >= 4 is 97.8 Å². The Balaban J connectivity index is 1.35. The van der Waals surface area contributed by atoms with Gasteiger partial charge in [-0.15, -0.1) is 0 Å².